The van der Waals surface area contributed by atoms with Gasteiger partial charge < -0.3 is 14.7 Å². The molecule has 1 saturated carbocycles. The first-order valence-corrected chi connectivity index (χ1v) is 10.7. The first-order chi connectivity index (χ1) is 13.0. The molecule has 4 atom stereocenters. The maximum atomic E-state index is 10.5. The van der Waals surface area contributed by atoms with Crippen molar-refractivity contribution in [1.29, 1.82) is 0 Å². The quantitative estimate of drug-likeness (QED) is 0.794. The number of ether oxygens (including phenoxy) is 1. The molecule has 1 aromatic heterocycles. The molecule has 0 radical (unpaired) electrons. The van der Waals surface area contributed by atoms with E-state index in [-0.39, 0.29) is 0 Å². The summed E-state index contributed by atoms with van der Waals surface area (Å²) in [5.74, 6) is 3.07. The van der Waals surface area contributed by atoms with E-state index in [1.165, 1.54) is 12.8 Å². The van der Waals surface area contributed by atoms with Crippen LogP contribution in [-0.4, -0.2) is 66.5 Å². The number of piperazine rings is 1. The molecule has 0 aromatic carbocycles. The average Bonchev–Trinajstić information content (AvgIpc) is 2.67. The molecule has 1 N–H and O–H groups in total. The third-order valence-electron chi connectivity index (χ3n) is 6.28. The fourth-order valence-electron chi connectivity index (χ4n) is 4.59. The van der Waals surface area contributed by atoms with Crippen molar-refractivity contribution in [1.82, 2.24) is 9.88 Å². The van der Waals surface area contributed by atoms with Gasteiger partial charge in [0.2, 0.25) is 0 Å². The molecule has 152 valence electrons. The summed E-state index contributed by atoms with van der Waals surface area (Å²) in [4.78, 5) is 9.09. The second-order valence-electron chi connectivity index (χ2n) is 8.83. The minimum atomic E-state index is -0.406. The Morgan fingerprint density at radius 2 is 1.96 bits per heavy atom. The number of aliphatic hydroxyl groups excluding tert-OH is 1. The summed E-state index contributed by atoms with van der Waals surface area (Å²) in [6.45, 7) is 11.9. The minimum Gasteiger partial charge on any atom is -0.389 e. The molecule has 1 aromatic rings. The van der Waals surface area contributed by atoms with Crippen LogP contribution in [0.5, 0.6) is 0 Å². The standard InChI is InChI=1S/C22H37N3O2/c1-17(2)20-8-7-18(3)14-21(20)27-16-19(26)15-24-10-12-25(13-11-24)22-6-4-5-9-23-22/h4-6,9,17-21,26H,7-8,10-16H2,1-3H3. The van der Waals surface area contributed by atoms with E-state index in [1.54, 1.807) is 0 Å². The molecule has 4 unspecified atom stereocenters. The summed E-state index contributed by atoms with van der Waals surface area (Å²) in [6.07, 6.45) is 5.46. The van der Waals surface area contributed by atoms with E-state index in [4.69, 9.17) is 4.74 Å². The van der Waals surface area contributed by atoms with Crippen LogP contribution < -0.4 is 4.90 Å². The lowest BCUT2D eigenvalue weighted by Gasteiger charge is -2.38. The highest BCUT2D eigenvalue weighted by Gasteiger charge is 2.32. The van der Waals surface area contributed by atoms with E-state index in [9.17, 15) is 5.11 Å². The van der Waals surface area contributed by atoms with Gasteiger partial charge in [0.15, 0.2) is 0 Å². The molecule has 1 aliphatic heterocycles. The molecule has 2 fully saturated rings. The van der Waals surface area contributed by atoms with Gasteiger partial charge in [0, 0.05) is 38.9 Å². The van der Waals surface area contributed by atoms with Crippen LogP contribution in [-0.2, 0) is 4.74 Å². The second kappa shape index (κ2) is 9.85. The average molecular weight is 376 g/mol. The SMILES string of the molecule is CC1CCC(C(C)C)C(OCC(O)CN2CCN(c3ccccn3)CC2)C1. The number of hydrogen-bond donors (Lipinski definition) is 1. The molecule has 2 heterocycles. The van der Waals surface area contributed by atoms with E-state index in [0.717, 1.165) is 44.3 Å². The Morgan fingerprint density at radius 1 is 1.19 bits per heavy atom. The van der Waals surface area contributed by atoms with Gasteiger partial charge in [0.05, 0.1) is 18.8 Å². The van der Waals surface area contributed by atoms with Gasteiger partial charge in [-0.3, -0.25) is 4.90 Å². The zero-order valence-corrected chi connectivity index (χ0v) is 17.3. The van der Waals surface area contributed by atoms with Gasteiger partial charge in [-0.15, -0.1) is 0 Å². The lowest BCUT2D eigenvalue weighted by Crippen LogP contribution is -2.49. The molecule has 27 heavy (non-hydrogen) atoms. The predicted octanol–water partition coefficient (Wildman–Crippen LogP) is 3.04. The smallest absolute Gasteiger partial charge is 0.128 e. The Balaban J connectivity index is 1.40. The number of pyridine rings is 1. The Bertz CT molecular complexity index is 546. The van der Waals surface area contributed by atoms with Crippen LogP contribution in [0.15, 0.2) is 24.4 Å². The second-order valence-corrected chi connectivity index (χ2v) is 8.83. The highest BCUT2D eigenvalue weighted by atomic mass is 16.5. The van der Waals surface area contributed by atoms with Gasteiger partial charge >= 0.3 is 0 Å². The van der Waals surface area contributed by atoms with Gasteiger partial charge in [-0.2, -0.15) is 0 Å². The van der Waals surface area contributed by atoms with E-state index in [0.29, 0.717) is 31.1 Å². The molecule has 1 saturated heterocycles. The zero-order chi connectivity index (χ0) is 19.2. The van der Waals surface area contributed by atoms with Crippen LogP contribution in [0.1, 0.15) is 40.0 Å². The van der Waals surface area contributed by atoms with Crippen molar-refractivity contribution in [3.63, 3.8) is 0 Å². The van der Waals surface area contributed by atoms with Crippen molar-refractivity contribution in [3.05, 3.63) is 24.4 Å². The molecule has 0 spiro atoms. The van der Waals surface area contributed by atoms with Crippen LogP contribution in [0.3, 0.4) is 0 Å². The molecule has 0 amide bonds. The molecular formula is C22H37N3O2. The van der Waals surface area contributed by atoms with Crippen molar-refractivity contribution < 1.29 is 9.84 Å². The van der Waals surface area contributed by atoms with Crippen molar-refractivity contribution in [2.75, 3.05) is 44.2 Å². The Kier molecular flexibility index (Phi) is 7.50. The largest absolute Gasteiger partial charge is 0.389 e. The maximum absolute atomic E-state index is 10.5. The molecule has 2 aliphatic rings. The summed E-state index contributed by atoms with van der Waals surface area (Å²) < 4.78 is 6.22. The van der Waals surface area contributed by atoms with Crippen LogP contribution >= 0.6 is 0 Å². The van der Waals surface area contributed by atoms with Gasteiger partial charge in [0.1, 0.15) is 5.82 Å². The third kappa shape index (κ3) is 5.90. The van der Waals surface area contributed by atoms with Gasteiger partial charge in [-0.05, 0) is 42.7 Å². The molecule has 5 nitrogen and oxygen atoms in total. The zero-order valence-electron chi connectivity index (χ0n) is 17.3. The summed E-state index contributed by atoms with van der Waals surface area (Å²) >= 11 is 0. The minimum absolute atomic E-state index is 0.310. The van der Waals surface area contributed by atoms with Crippen LogP contribution in [0.2, 0.25) is 0 Å². The lowest BCUT2D eigenvalue weighted by molar-refractivity contribution is -0.0740. The first-order valence-electron chi connectivity index (χ1n) is 10.7. The first kappa shape index (κ1) is 20.6. The Hall–Kier alpha value is -1.17. The van der Waals surface area contributed by atoms with Gasteiger partial charge in [-0.25, -0.2) is 4.98 Å². The number of aromatic nitrogens is 1. The lowest BCUT2D eigenvalue weighted by atomic mass is 9.75. The van der Waals surface area contributed by atoms with Crippen LogP contribution in [0, 0.1) is 17.8 Å². The number of β-amino-alcohol motifs (C(OH)–C–C–N with tert-alkyl or cyclic N) is 1. The number of hydrogen-bond acceptors (Lipinski definition) is 5. The van der Waals surface area contributed by atoms with Crippen molar-refractivity contribution >= 4 is 5.82 Å². The van der Waals surface area contributed by atoms with E-state index >= 15 is 0 Å². The van der Waals surface area contributed by atoms with Gasteiger partial charge in [0.25, 0.3) is 0 Å². The molecule has 3 rings (SSSR count). The summed E-state index contributed by atoms with van der Waals surface area (Å²) in [5.41, 5.74) is 0. The molecular weight excluding hydrogens is 338 g/mol. The molecule has 5 heteroatoms. The van der Waals surface area contributed by atoms with Crippen LogP contribution in [0.4, 0.5) is 5.82 Å². The monoisotopic (exact) mass is 375 g/mol. The normalized spacial score (nSPS) is 28.5. The highest BCUT2D eigenvalue weighted by Crippen LogP contribution is 2.35. The van der Waals surface area contributed by atoms with Crippen molar-refractivity contribution in [2.45, 2.75) is 52.2 Å². The number of nitrogens with zero attached hydrogens (tertiary/aromatic N) is 3. The Morgan fingerprint density at radius 3 is 2.63 bits per heavy atom. The molecule has 1 aliphatic carbocycles. The van der Waals surface area contributed by atoms with E-state index < -0.39 is 6.10 Å². The predicted molar refractivity (Wildman–Crippen MR) is 110 cm³/mol. The molecule has 0 bridgehead atoms. The number of aliphatic hydroxyl groups is 1. The maximum Gasteiger partial charge on any atom is 0.128 e. The summed E-state index contributed by atoms with van der Waals surface area (Å²) in [7, 11) is 0. The Labute approximate surface area is 164 Å². The van der Waals surface area contributed by atoms with Gasteiger partial charge in [-0.1, -0.05) is 33.3 Å². The fraction of sp³-hybridized carbons (Fsp3) is 0.773. The number of anilines is 1. The van der Waals surface area contributed by atoms with Crippen molar-refractivity contribution in [3.8, 4) is 0 Å². The third-order valence-corrected chi connectivity index (χ3v) is 6.28. The van der Waals surface area contributed by atoms with Crippen LogP contribution in [0.25, 0.3) is 0 Å². The highest BCUT2D eigenvalue weighted by molar-refractivity contribution is 5.38. The topological polar surface area (TPSA) is 48.8 Å². The van der Waals surface area contributed by atoms with Crippen molar-refractivity contribution in [2.24, 2.45) is 17.8 Å². The fourth-order valence-corrected chi connectivity index (χ4v) is 4.59. The summed E-state index contributed by atoms with van der Waals surface area (Å²) in [6, 6.07) is 6.05. The van der Waals surface area contributed by atoms with E-state index in [1.807, 2.05) is 18.3 Å². The number of rotatable bonds is 7. The van der Waals surface area contributed by atoms with E-state index in [2.05, 4.69) is 41.6 Å². The summed E-state index contributed by atoms with van der Waals surface area (Å²) in [5, 5.41) is 10.5.